The van der Waals surface area contributed by atoms with Gasteiger partial charge in [-0.05, 0) is 19.8 Å². The molecule has 0 aromatic heterocycles. The van der Waals surface area contributed by atoms with E-state index in [0.717, 1.165) is 4.90 Å². The predicted molar refractivity (Wildman–Crippen MR) is 104 cm³/mol. The smallest absolute Gasteiger partial charge is 0.326 e. The third-order valence-electron chi connectivity index (χ3n) is 4.44. The van der Waals surface area contributed by atoms with E-state index in [9.17, 15) is 34.2 Å². The van der Waals surface area contributed by atoms with Gasteiger partial charge in [-0.3, -0.25) is 19.2 Å². The van der Waals surface area contributed by atoms with Crippen molar-refractivity contribution in [3.05, 3.63) is 0 Å². The van der Waals surface area contributed by atoms with Crippen LogP contribution in [0.25, 0.3) is 0 Å². The van der Waals surface area contributed by atoms with Crippen molar-refractivity contribution in [3.63, 3.8) is 0 Å². The largest absolute Gasteiger partial charge is 0.480 e. The molecule has 4 amide bonds. The fourth-order valence-electron chi connectivity index (χ4n) is 2.88. The number of likely N-dealkylation sites (tertiary alicyclic amines) is 1. The van der Waals surface area contributed by atoms with Gasteiger partial charge in [0.15, 0.2) is 0 Å². The summed E-state index contributed by atoms with van der Waals surface area (Å²) in [5.74, 6) is -4.59. The Kier molecular flexibility index (Phi) is 9.33. The van der Waals surface area contributed by atoms with Crippen LogP contribution in [0.1, 0.15) is 26.2 Å². The van der Waals surface area contributed by atoms with Crippen molar-refractivity contribution >= 4 is 42.2 Å². The van der Waals surface area contributed by atoms with Crippen LogP contribution in [0.2, 0.25) is 0 Å². The summed E-state index contributed by atoms with van der Waals surface area (Å²) in [7, 11) is 0. The van der Waals surface area contributed by atoms with Crippen LogP contribution >= 0.6 is 12.6 Å². The number of carbonyl (C=O) groups excluding carboxylic acids is 4. The average molecular weight is 433 g/mol. The van der Waals surface area contributed by atoms with Gasteiger partial charge in [0.2, 0.25) is 23.6 Å². The second kappa shape index (κ2) is 11.0. The topological polar surface area (TPSA) is 205 Å². The third-order valence-corrected chi connectivity index (χ3v) is 4.83. The van der Waals surface area contributed by atoms with Crippen LogP contribution in [0.15, 0.2) is 0 Å². The molecular formula is C16H27N5O7S. The zero-order valence-corrected chi connectivity index (χ0v) is 16.8. The molecule has 1 aliphatic rings. The minimum absolute atomic E-state index is 0.0168. The molecule has 8 N–H and O–H groups in total. The maximum atomic E-state index is 12.7. The van der Waals surface area contributed by atoms with Gasteiger partial charge in [-0.2, -0.15) is 12.6 Å². The molecule has 0 spiro atoms. The Morgan fingerprint density at radius 2 is 1.83 bits per heavy atom. The lowest BCUT2D eigenvalue weighted by Crippen LogP contribution is -2.60. The number of nitrogens with two attached hydrogens (primary N) is 2. The highest BCUT2D eigenvalue weighted by Gasteiger charge is 2.40. The molecule has 1 rings (SSSR count). The van der Waals surface area contributed by atoms with E-state index >= 15 is 0 Å². The highest BCUT2D eigenvalue weighted by molar-refractivity contribution is 7.80. The quantitative estimate of drug-likeness (QED) is 0.172. The lowest BCUT2D eigenvalue weighted by Gasteiger charge is -2.30. The first kappa shape index (κ1) is 24.7. The molecule has 0 aliphatic carbocycles. The number of aliphatic carboxylic acids is 1. The van der Waals surface area contributed by atoms with Crippen LogP contribution in [-0.2, 0) is 24.0 Å². The number of amides is 4. The number of aliphatic hydroxyl groups excluding tert-OH is 1. The Bertz CT molecular complexity index is 660. The van der Waals surface area contributed by atoms with E-state index in [1.54, 1.807) is 0 Å². The maximum Gasteiger partial charge on any atom is 0.326 e. The van der Waals surface area contributed by atoms with E-state index in [-0.39, 0.29) is 18.7 Å². The van der Waals surface area contributed by atoms with Gasteiger partial charge in [-0.15, -0.1) is 0 Å². The van der Waals surface area contributed by atoms with Gasteiger partial charge in [0, 0.05) is 12.3 Å². The van der Waals surface area contributed by atoms with Gasteiger partial charge in [0.1, 0.15) is 18.1 Å². The van der Waals surface area contributed by atoms with Crippen molar-refractivity contribution in [2.24, 2.45) is 11.5 Å². The third kappa shape index (κ3) is 6.87. The molecule has 5 unspecified atom stereocenters. The summed E-state index contributed by atoms with van der Waals surface area (Å²) in [4.78, 5) is 60.9. The van der Waals surface area contributed by atoms with Gasteiger partial charge in [0.25, 0.3) is 0 Å². The van der Waals surface area contributed by atoms with Crippen LogP contribution in [0, 0.1) is 0 Å². The number of nitrogens with one attached hydrogen (secondary N) is 2. The van der Waals surface area contributed by atoms with E-state index in [4.69, 9.17) is 11.5 Å². The van der Waals surface area contributed by atoms with Gasteiger partial charge in [-0.1, -0.05) is 0 Å². The van der Waals surface area contributed by atoms with Gasteiger partial charge < -0.3 is 37.2 Å². The van der Waals surface area contributed by atoms with Crippen LogP contribution < -0.4 is 22.1 Å². The Balaban J connectivity index is 2.97. The van der Waals surface area contributed by atoms with Crippen LogP contribution in [0.5, 0.6) is 0 Å². The molecule has 0 radical (unpaired) electrons. The molecule has 164 valence electrons. The monoisotopic (exact) mass is 433 g/mol. The first-order valence-corrected chi connectivity index (χ1v) is 9.59. The number of carboxylic acids is 1. The Hall–Kier alpha value is -2.38. The number of hydrogen-bond acceptors (Lipinski definition) is 8. The molecule has 5 atom stereocenters. The van der Waals surface area contributed by atoms with E-state index in [1.807, 2.05) is 0 Å². The second-order valence-corrected chi connectivity index (χ2v) is 7.14. The van der Waals surface area contributed by atoms with E-state index in [2.05, 4.69) is 23.3 Å². The van der Waals surface area contributed by atoms with E-state index in [0.29, 0.717) is 6.42 Å². The van der Waals surface area contributed by atoms with Crippen LogP contribution in [0.4, 0.5) is 0 Å². The summed E-state index contributed by atoms with van der Waals surface area (Å²) in [6.07, 6.45) is -1.22. The summed E-state index contributed by atoms with van der Waals surface area (Å²) >= 11 is 3.87. The van der Waals surface area contributed by atoms with Gasteiger partial charge in [0.05, 0.1) is 18.6 Å². The number of carbonyl (C=O) groups is 5. The highest BCUT2D eigenvalue weighted by Crippen LogP contribution is 2.19. The molecule has 1 saturated heterocycles. The van der Waals surface area contributed by atoms with Crippen molar-refractivity contribution in [2.75, 3.05) is 12.3 Å². The number of primary amides is 1. The van der Waals surface area contributed by atoms with Crippen LogP contribution in [0.3, 0.4) is 0 Å². The number of hydrogen-bond donors (Lipinski definition) is 7. The Labute approximate surface area is 172 Å². The number of carboxylic acid groups (broad SMARTS) is 1. The van der Waals surface area contributed by atoms with Gasteiger partial charge in [-0.25, -0.2) is 4.79 Å². The van der Waals surface area contributed by atoms with Crippen LogP contribution in [-0.4, -0.2) is 87.3 Å². The fraction of sp³-hybridized carbons (Fsp3) is 0.688. The summed E-state index contributed by atoms with van der Waals surface area (Å²) in [6.45, 7) is 1.40. The first-order chi connectivity index (χ1) is 13.5. The summed E-state index contributed by atoms with van der Waals surface area (Å²) < 4.78 is 0. The highest BCUT2D eigenvalue weighted by atomic mass is 32.1. The molecule has 0 aromatic carbocycles. The lowest BCUT2D eigenvalue weighted by molar-refractivity contribution is -0.150. The molecule has 0 bridgehead atoms. The average Bonchev–Trinajstić information content (AvgIpc) is 3.13. The fourth-order valence-corrected chi connectivity index (χ4v) is 3.05. The van der Waals surface area contributed by atoms with E-state index < -0.39 is 66.3 Å². The number of rotatable bonds is 10. The minimum Gasteiger partial charge on any atom is -0.480 e. The molecule has 13 heteroatoms. The summed E-state index contributed by atoms with van der Waals surface area (Å²) in [5, 5.41) is 23.7. The summed E-state index contributed by atoms with van der Waals surface area (Å²) in [6, 6.07) is -5.02. The number of aliphatic hydroxyl groups is 1. The first-order valence-electron chi connectivity index (χ1n) is 8.96. The van der Waals surface area contributed by atoms with Crippen molar-refractivity contribution in [3.8, 4) is 0 Å². The van der Waals surface area contributed by atoms with Crippen molar-refractivity contribution in [2.45, 2.75) is 56.5 Å². The minimum atomic E-state index is -1.48. The van der Waals surface area contributed by atoms with E-state index in [1.165, 1.54) is 6.92 Å². The SMILES string of the molecule is CC(O)C(NC(=O)C(CC(N)=O)NC(=O)C(N)CS)C(=O)N1CCCC1C(=O)O. The lowest BCUT2D eigenvalue weighted by atomic mass is 10.1. The molecule has 1 fully saturated rings. The summed E-state index contributed by atoms with van der Waals surface area (Å²) in [5.41, 5.74) is 10.6. The maximum absolute atomic E-state index is 12.7. The standard InChI is InChI=1S/C16H27N5O7S/c1-7(22)12(15(26)21-4-2-3-10(21)16(27)28)20-14(25)9(5-11(18)23)19-13(24)8(17)6-29/h7-10,12,22,29H,2-6,17H2,1H3,(H2,18,23)(H,19,24)(H,20,25)(H,27,28). The van der Waals surface area contributed by atoms with Gasteiger partial charge >= 0.3 is 5.97 Å². The zero-order chi connectivity index (χ0) is 22.3. The molecule has 0 aromatic rings. The second-order valence-electron chi connectivity index (χ2n) is 6.78. The Morgan fingerprint density at radius 3 is 2.31 bits per heavy atom. The predicted octanol–water partition coefficient (Wildman–Crippen LogP) is -3.46. The van der Waals surface area contributed by atoms with Crippen molar-refractivity contribution in [1.82, 2.24) is 15.5 Å². The molecule has 29 heavy (non-hydrogen) atoms. The Morgan fingerprint density at radius 1 is 1.21 bits per heavy atom. The molecule has 1 heterocycles. The number of thiol groups is 1. The zero-order valence-electron chi connectivity index (χ0n) is 15.9. The number of nitrogens with zero attached hydrogens (tertiary/aromatic N) is 1. The molecule has 0 saturated carbocycles. The molecular weight excluding hydrogens is 406 g/mol. The molecule has 12 nitrogen and oxygen atoms in total. The molecule has 1 aliphatic heterocycles. The normalized spacial score (nSPS) is 20.3. The van der Waals surface area contributed by atoms with Crippen molar-refractivity contribution in [1.29, 1.82) is 0 Å². The van der Waals surface area contributed by atoms with Crippen molar-refractivity contribution < 1.29 is 34.2 Å².